The van der Waals surface area contributed by atoms with Crippen LogP contribution in [-0.2, 0) is 9.53 Å². The summed E-state index contributed by atoms with van der Waals surface area (Å²) in [6.45, 7) is 10.6. The fraction of sp³-hybridized carbons (Fsp3) is 0.650. The van der Waals surface area contributed by atoms with Crippen LogP contribution < -0.4 is 0 Å². The molecule has 0 aromatic heterocycles. The Bertz CT molecular complexity index is 522. The SMILES string of the molecule is C/C1=C\CC[C@]2(C)O[C@H]2/C=C(/C(C)C)C(=O)C/C(C)=C/CC1. The third-order valence-corrected chi connectivity index (χ3v) is 4.82. The van der Waals surface area contributed by atoms with Gasteiger partial charge in [-0.2, -0.15) is 0 Å². The van der Waals surface area contributed by atoms with Gasteiger partial charge < -0.3 is 4.74 Å². The van der Waals surface area contributed by atoms with Crippen molar-refractivity contribution in [3.8, 4) is 0 Å². The average molecular weight is 302 g/mol. The van der Waals surface area contributed by atoms with E-state index >= 15 is 0 Å². The number of epoxide rings is 1. The average Bonchev–Trinajstić information content (AvgIpc) is 3.05. The van der Waals surface area contributed by atoms with Crippen LogP contribution in [0.25, 0.3) is 0 Å². The number of carbonyl (C=O) groups is 1. The van der Waals surface area contributed by atoms with Crippen LogP contribution in [0.3, 0.4) is 0 Å². The summed E-state index contributed by atoms with van der Waals surface area (Å²) in [6.07, 6.45) is 11.5. The van der Waals surface area contributed by atoms with Crippen LogP contribution in [0.4, 0.5) is 0 Å². The summed E-state index contributed by atoms with van der Waals surface area (Å²) in [4.78, 5) is 12.6. The Morgan fingerprint density at radius 2 is 1.86 bits per heavy atom. The number of ether oxygens (including phenoxy) is 1. The van der Waals surface area contributed by atoms with Crippen molar-refractivity contribution >= 4 is 5.78 Å². The van der Waals surface area contributed by atoms with Crippen LogP contribution >= 0.6 is 0 Å². The summed E-state index contributed by atoms with van der Waals surface area (Å²) < 4.78 is 5.90. The van der Waals surface area contributed by atoms with Gasteiger partial charge in [0.2, 0.25) is 0 Å². The summed E-state index contributed by atoms with van der Waals surface area (Å²) >= 11 is 0. The molecule has 0 saturated carbocycles. The molecule has 1 aliphatic carbocycles. The van der Waals surface area contributed by atoms with E-state index in [-0.39, 0.29) is 23.4 Å². The third kappa shape index (κ3) is 4.42. The molecule has 1 saturated heterocycles. The highest BCUT2D eigenvalue weighted by Gasteiger charge is 2.50. The van der Waals surface area contributed by atoms with Crippen molar-refractivity contribution in [1.29, 1.82) is 0 Å². The van der Waals surface area contributed by atoms with Crippen LogP contribution in [0.1, 0.15) is 66.7 Å². The lowest BCUT2D eigenvalue weighted by molar-refractivity contribution is -0.115. The van der Waals surface area contributed by atoms with Gasteiger partial charge in [0, 0.05) is 6.42 Å². The van der Waals surface area contributed by atoms with E-state index in [4.69, 9.17) is 4.74 Å². The van der Waals surface area contributed by atoms with Crippen LogP contribution in [0.5, 0.6) is 0 Å². The van der Waals surface area contributed by atoms with Crippen molar-refractivity contribution in [1.82, 2.24) is 0 Å². The number of fused-ring (bicyclic) bond motifs is 1. The molecule has 2 rings (SSSR count). The van der Waals surface area contributed by atoms with Gasteiger partial charge >= 0.3 is 0 Å². The second-order valence-electron chi connectivity index (χ2n) is 7.41. The van der Waals surface area contributed by atoms with Crippen LogP contribution in [0.2, 0.25) is 0 Å². The number of ketones is 1. The van der Waals surface area contributed by atoms with Gasteiger partial charge in [-0.1, -0.05) is 37.1 Å². The molecule has 0 aromatic carbocycles. The highest BCUT2D eigenvalue weighted by molar-refractivity contribution is 5.97. The molecule has 0 bridgehead atoms. The van der Waals surface area contributed by atoms with Gasteiger partial charge in [0.15, 0.2) is 5.78 Å². The van der Waals surface area contributed by atoms with Gasteiger partial charge in [-0.15, -0.1) is 0 Å². The maximum Gasteiger partial charge on any atom is 0.162 e. The molecule has 0 spiro atoms. The summed E-state index contributed by atoms with van der Waals surface area (Å²) in [5, 5.41) is 0. The number of rotatable bonds is 1. The lowest BCUT2D eigenvalue weighted by Gasteiger charge is -2.12. The third-order valence-electron chi connectivity index (χ3n) is 4.82. The van der Waals surface area contributed by atoms with Crippen molar-refractivity contribution in [2.45, 2.75) is 78.4 Å². The minimum atomic E-state index is -0.0772. The molecule has 22 heavy (non-hydrogen) atoms. The molecule has 0 radical (unpaired) electrons. The first-order valence-corrected chi connectivity index (χ1v) is 8.56. The molecule has 122 valence electrons. The lowest BCUT2D eigenvalue weighted by Crippen LogP contribution is -2.13. The molecule has 0 amide bonds. The maximum atomic E-state index is 12.6. The molecular formula is C20H30O2. The predicted molar refractivity (Wildman–Crippen MR) is 91.8 cm³/mol. The fourth-order valence-electron chi connectivity index (χ4n) is 3.12. The maximum absolute atomic E-state index is 12.6. The van der Waals surface area contributed by atoms with E-state index in [1.807, 2.05) is 0 Å². The Labute approximate surface area is 135 Å². The van der Waals surface area contributed by atoms with E-state index < -0.39 is 0 Å². The van der Waals surface area contributed by atoms with Gasteiger partial charge in [-0.3, -0.25) is 4.79 Å². The van der Waals surface area contributed by atoms with E-state index in [1.165, 1.54) is 11.1 Å². The zero-order chi connectivity index (χ0) is 16.3. The number of hydrogen-bond donors (Lipinski definition) is 0. The normalized spacial score (nSPS) is 38.0. The molecule has 1 aliphatic heterocycles. The second-order valence-corrected chi connectivity index (χ2v) is 7.41. The van der Waals surface area contributed by atoms with Gasteiger partial charge in [0.25, 0.3) is 0 Å². The van der Waals surface area contributed by atoms with Crippen molar-refractivity contribution in [3.63, 3.8) is 0 Å². The summed E-state index contributed by atoms with van der Waals surface area (Å²) in [6, 6.07) is 0. The van der Waals surface area contributed by atoms with Crippen LogP contribution in [-0.4, -0.2) is 17.5 Å². The Morgan fingerprint density at radius 1 is 1.18 bits per heavy atom. The van der Waals surface area contributed by atoms with Gasteiger partial charge in [0.05, 0.1) is 5.60 Å². The van der Waals surface area contributed by atoms with Crippen molar-refractivity contribution in [3.05, 3.63) is 34.9 Å². The Morgan fingerprint density at radius 3 is 2.55 bits per heavy atom. The zero-order valence-corrected chi connectivity index (χ0v) is 14.7. The number of Topliss-reactive ketones (excluding diaryl/α,β-unsaturated/α-hetero) is 1. The quantitative estimate of drug-likeness (QED) is 0.495. The molecule has 0 unspecified atom stereocenters. The van der Waals surface area contributed by atoms with Crippen LogP contribution in [0.15, 0.2) is 34.9 Å². The van der Waals surface area contributed by atoms with E-state index in [2.05, 4.69) is 52.8 Å². The number of carbonyl (C=O) groups excluding carboxylic acids is 1. The van der Waals surface area contributed by atoms with Gasteiger partial charge in [-0.05, 0) is 64.0 Å². The minimum Gasteiger partial charge on any atom is -0.362 e. The fourth-order valence-corrected chi connectivity index (χ4v) is 3.12. The number of hydrogen-bond acceptors (Lipinski definition) is 2. The van der Waals surface area contributed by atoms with E-state index in [0.717, 1.165) is 31.3 Å². The summed E-state index contributed by atoms with van der Waals surface area (Å²) in [5.41, 5.74) is 3.48. The molecule has 2 atom stereocenters. The predicted octanol–water partition coefficient (Wildman–Crippen LogP) is 5.15. The topological polar surface area (TPSA) is 29.6 Å². The molecule has 0 N–H and O–H groups in total. The molecular weight excluding hydrogens is 272 g/mol. The van der Waals surface area contributed by atoms with Crippen molar-refractivity contribution in [2.24, 2.45) is 5.92 Å². The smallest absolute Gasteiger partial charge is 0.162 e. The lowest BCUT2D eigenvalue weighted by atomic mass is 9.90. The minimum absolute atomic E-state index is 0.0772. The zero-order valence-electron chi connectivity index (χ0n) is 14.7. The van der Waals surface area contributed by atoms with Crippen LogP contribution in [0, 0.1) is 5.92 Å². The Hall–Kier alpha value is -1.15. The van der Waals surface area contributed by atoms with Gasteiger partial charge in [0.1, 0.15) is 6.10 Å². The second kappa shape index (κ2) is 6.95. The molecule has 0 aromatic rings. The molecule has 1 fully saturated rings. The Balaban J connectivity index is 2.23. The monoisotopic (exact) mass is 302 g/mol. The van der Waals surface area contributed by atoms with Crippen molar-refractivity contribution in [2.75, 3.05) is 0 Å². The van der Waals surface area contributed by atoms with E-state index in [1.54, 1.807) is 0 Å². The number of allylic oxidation sites excluding steroid dienone is 5. The van der Waals surface area contributed by atoms with Gasteiger partial charge in [-0.25, -0.2) is 0 Å². The Kier molecular flexibility index (Phi) is 5.44. The highest BCUT2D eigenvalue weighted by atomic mass is 16.6. The summed E-state index contributed by atoms with van der Waals surface area (Å²) in [7, 11) is 0. The molecule has 1 heterocycles. The molecule has 2 heteroatoms. The highest BCUT2D eigenvalue weighted by Crippen LogP contribution is 2.42. The van der Waals surface area contributed by atoms with Crippen molar-refractivity contribution < 1.29 is 9.53 Å². The molecule has 2 aliphatic rings. The van der Waals surface area contributed by atoms with E-state index in [9.17, 15) is 4.79 Å². The first-order valence-electron chi connectivity index (χ1n) is 8.56. The summed E-state index contributed by atoms with van der Waals surface area (Å²) in [5.74, 6) is 0.509. The first kappa shape index (κ1) is 17.2. The standard InChI is InChI=1S/C20H30O2/c1-14(2)17-13-19-20(5,22-19)11-7-10-15(3)8-6-9-16(4)12-18(17)21/h9-10,13-14,19H,6-8,11-12H2,1-5H3/b15-10+,16-9+,17-13-/t19-,20-/m0/s1. The first-order chi connectivity index (χ1) is 10.3. The van der Waals surface area contributed by atoms with E-state index in [0.29, 0.717) is 6.42 Å². The molecule has 2 nitrogen and oxygen atoms in total. The largest absolute Gasteiger partial charge is 0.362 e.